The van der Waals surface area contributed by atoms with Crippen molar-refractivity contribution in [3.63, 3.8) is 0 Å². The van der Waals surface area contributed by atoms with Gasteiger partial charge in [0.2, 0.25) is 5.91 Å². The highest BCUT2D eigenvalue weighted by Gasteiger charge is 2.21. The van der Waals surface area contributed by atoms with Crippen molar-refractivity contribution in [2.45, 2.75) is 6.04 Å². The zero-order valence-corrected chi connectivity index (χ0v) is 10.6. The number of nitrogens with two attached hydrogens (primary N) is 1. The van der Waals surface area contributed by atoms with Gasteiger partial charge in [0.1, 0.15) is 11.7 Å². The molecule has 2 aromatic rings. The lowest BCUT2D eigenvalue weighted by Crippen LogP contribution is -2.37. The van der Waals surface area contributed by atoms with Crippen molar-refractivity contribution in [3.8, 4) is 0 Å². The molecule has 2 rings (SSSR count). The van der Waals surface area contributed by atoms with Crippen molar-refractivity contribution in [2.24, 2.45) is 5.73 Å². The highest BCUT2D eigenvalue weighted by atomic mass is 35.5. The van der Waals surface area contributed by atoms with Crippen LogP contribution in [0.2, 0.25) is 5.02 Å². The fourth-order valence-electron chi connectivity index (χ4n) is 1.67. The molecule has 0 fully saturated rings. The topological polar surface area (TPSA) is 88.0 Å². The Morgan fingerprint density at radius 1 is 1.26 bits per heavy atom. The zero-order chi connectivity index (χ0) is 13.8. The van der Waals surface area contributed by atoms with Crippen molar-refractivity contribution in [1.82, 2.24) is 10.3 Å². The van der Waals surface area contributed by atoms with Gasteiger partial charge in [0, 0.05) is 6.20 Å². The first kappa shape index (κ1) is 13.2. The first-order chi connectivity index (χ1) is 9.08. The predicted molar refractivity (Wildman–Crippen MR) is 71.6 cm³/mol. The van der Waals surface area contributed by atoms with Gasteiger partial charge in [-0.05, 0) is 11.6 Å². The lowest BCUT2D eigenvalue weighted by molar-refractivity contribution is -0.120. The molecule has 0 aliphatic heterocycles. The smallest absolute Gasteiger partial charge is 0.268 e. The Hall–Kier alpha value is -2.27. The van der Waals surface area contributed by atoms with Crippen molar-refractivity contribution in [3.05, 3.63) is 58.9 Å². The molecule has 5 nitrogen and oxygen atoms in total. The van der Waals surface area contributed by atoms with Gasteiger partial charge >= 0.3 is 0 Å². The SMILES string of the molecule is NC(=O)[C@H](NC(=O)c1cc(Cl)c[nH]1)c1ccccc1. The third-order valence-corrected chi connectivity index (χ3v) is 2.80. The average molecular weight is 278 g/mol. The Kier molecular flexibility index (Phi) is 3.87. The molecule has 0 aliphatic rings. The van der Waals surface area contributed by atoms with E-state index in [0.717, 1.165) is 0 Å². The zero-order valence-electron chi connectivity index (χ0n) is 9.89. The largest absolute Gasteiger partial charge is 0.368 e. The minimum atomic E-state index is -0.879. The summed E-state index contributed by atoms with van der Waals surface area (Å²) < 4.78 is 0. The Bertz CT molecular complexity index is 595. The molecule has 2 amide bonds. The van der Waals surface area contributed by atoms with Gasteiger partial charge in [-0.15, -0.1) is 0 Å². The number of benzene rings is 1. The monoisotopic (exact) mass is 277 g/mol. The van der Waals surface area contributed by atoms with E-state index in [9.17, 15) is 9.59 Å². The molecule has 1 aromatic heterocycles. The number of nitrogens with one attached hydrogen (secondary N) is 2. The molecule has 0 radical (unpaired) electrons. The lowest BCUT2D eigenvalue weighted by Gasteiger charge is -2.15. The number of primary amides is 1. The maximum Gasteiger partial charge on any atom is 0.268 e. The van der Waals surface area contributed by atoms with Gasteiger partial charge < -0.3 is 16.0 Å². The van der Waals surface area contributed by atoms with Crippen LogP contribution in [0, 0.1) is 0 Å². The number of carbonyl (C=O) groups excluding carboxylic acids is 2. The van der Waals surface area contributed by atoms with Gasteiger partial charge in [0.05, 0.1) is 5.02 Å². The molecule has 1 heterocycles. The lowest BCUT2D eigenvalue weighted by atomic mass is 10.1. The fourth-order valence-corrected chi connectivity index (χ4v) is 1.84. The molecule has 0 saturated carbocycles. The first-order valence-corrected chi connectivity index (χ1v) is 5.95. The van der Waals surface area contributed by atoms with Crippen molar-refractivity contribution < 1.29 is 9.59 Å². The van der Waals surface area contributed by atoms with Crippen LogP contribution in [0.3, 0.4) is 0 Å². The minimum Gasteiger partial charge on any atom is -0.368 e. The third kappa shape index (κ3) is 3.14. The summed E-state index contributed by atoms with van der Waals surface area (Å²) in [5, 5.41) is 2.98. The van der Waals surface area contributed by atoms with Crippen LogP contribution in [-0.2, 0) is 4.79 Å². The van der Waals surface area contributed by atoms with E-state index in [-0.39, 0.29) is 5.69 Å². The number of H-pyrrole nitrogens is 1. The Morgan fingerprint density at radius 2 is 1.95 bits per heavy atom. The average Bonchev–Trinajstić information content (AvgIpc) is 2.83. The number of halogens is 1. The van der Waals surface area contributed by atoms with E-state index in [0.29, 0.717) is 10.6 Å². The summed E-state index contributed by atoms with van der Waals surface area (Å²) in [6, 6.07) is 9.38. The number of aromatic amines is 1. The molecule has 19 heavy (non-hydrogen) atoms. The van der Waals surface area contributed by atoms with Crippen LogP contribution in [0.4, 0.5) is 0 Å². The van der Waals surface area contributed by atoms with Gasteiger partial charge in [0.15, 0.2) is 0 Å². The molecular weight excluding hydrogens is 266 g/mol. The van der Waals surface area contributed by atoms with E-state index in [1.165, 1.54) is 12.3 Å². The van der Waals surface area contributed by atoms with Crippen molar-refractivity contribution in [1.29, 1.82) is 0 Å². The summed E-state index contributed by atoms with van der Waals surface area (Å²) >= 11 is 5.72. The van der Waals surface area contributed by atoms with E-state index < -0.39 is 17.9 Å². The second-order valence-corrected chi connectivity index (χ2v) is 4.39. The van der Waals surface area contributed by atoms with Crippen LogP contribution in [0.1, 0.15) is 22.1 Å². The first-order valence-electron chi connectivity index (χ1n) is 5.57. The minimum absolute atomic E-state index is 0.271. The predicted octanol–water partition coefficient (Wildman–Crippen LogP) is 1.62. The molecular formula is C13H12ClN3O2. The van der Waals surface area contributed by atoms with Crippen LogP contribution in [0.25, 0.3) is 0 Å². The fraction of sp³-hybridized carbons (Fsp3) is 0.0769. The number of hydrogen-bond donors (Lipinski definition) is 3. The standard InChI is InChI=1S/C13H12ClN3O2/c14-9-6-10(16-7-9)13(19)17-11(12(15)18)8-4-2-1-3-5-8/h1-7,11,16H,(H2,15,18)(H,17,19)/t11-/m1/s1. The van der Waals surface area contributed by atoms with Gasteiger partial charge in [-0.2, -0.15) is 0 Å². The number of carbonyl (C=O) groups is 2. The summed E-state index contributed by atoms with van der Waals surface area (Å²) in [6.45, 7) is 0. The molecule has 0 unspecified atom stereocenters. The van der Waals surface area contributed by atoms with Crippen LogP contribution in [-0.4, -0.2) is 16.8 Å². The second-order valence-electron chi connectivity index (χ2n) is 3.95. The van der Waals surface area contributed by atoms with Gasteiger partial charge in [-0.1, -0.05) is 41.9 Å². The normalized spacial score (nSPS) is 11.8. The molecule has 0 bridgehead atoms. The van der Waals surface area contributed by atoms with Gasteiger partial charge in [0.25, 0.3) is 5.91 Å². The Morgan fingerprint density at radius 3 is 2.47 bits per heavy atom. The maximum absolute atomic E-state index is 11.9. The van der Waals surface area contributed by atoms with Crippen molar-refractivity contribution in [2.75, 3.05) is 0 Å². The Balaban J connectivity index is 2.18. The highest BCUT2D eigenvalue weighted by molar-refractivity contribution is 6.31. The van der Waals surface area contributed by atoms with Gasteiger partial charge in [-0.3, -0.25) is 9.59 Å². The molecule has 0 spiro atoms. The molecule has 4 N–H and O–H groups in total. The molecule has 1 aromatic carbocycles. The quantitative estimate of drug-likeness (QED) is 0.793. The summed E-state index contributed by atoms with van der Waals surface area (Å²) in [5.41, 5.74) is 6.21. The molecule has 0 saturated heterocycles. The number of hydrogen-bond acceptors (Lipinski definition) is 2. The highest BCUT2D eigenvalue weighted by Crippen LogP contribution is 2.14. The summed E-state index contributed by atoms with van der Waals surface area (Å²) in [7, 11) is 0. The summed E-state index contributed by atoms with van der Waals surface area (Å²) in [4.78, 5) is 26.1. The van der Waals surface area contributed by atoms with Crippen LogP contribution in [0.5, 0.6) is 0 Å². The van der Waals surface area contributed by atoms with Gasteiger partial charge in [-0.25, -0.2) is 0 Å². The van der Waals surface area contributed by atoms with E-state index >= 15 is 0 Å². The third-order valence-electron chi connectivity index (χ3n) is 2.59. The number of rotatable bonds is 4. The molecule has 6 heteroatoms. The van der Waals surface area contributed by atoms with Crippen molar-refractivity contribution >= 4 is 23.4 Å². The van der Waals surface area contributed by atoms with Crippen LogP contribution < -0.4 is 11.1 Å². The maximum atomic E-state index is 11.9. The molecule has 0 aliphatic carbocycles. The molecule has 98 valence electrons. The second kappa shape index (κ2) is 5.58. The Labute approximate surface area is 114 Å². The number of aromatic nitrogens is 1. The van der Waals surface area contributed by atoms with E-state index in [1.807, 2.05) is 6.07 Å². The van der Waals surface area contributed by atoms with E-state index in [1.54, 1.807) is 24.3 Å². The van der Waals surface area contributed by atoms with E-state index in [2.05, 4.69) is 10.3 Å². The summed E-state index contributed by atoms with van der Waals surface area (Å²) in [6.07, 6.45) is 1.48. The van der Waals surface area contributed by atoms with E-state index in [4.69, 9.17) is 17.3 Å². The van der Waals surface area contributed by atoms with Crippen LogP contribution in [0.15, 0.2) is 42.6 Å². The summed E-state index contributed by atoms with van der Waals surface area (Å²) in [5.74, 6) is -1.07. The number of amides is 2. The molecule has 1 atom stereocenters. The van der Waals surface area contributed by atoms with Crippen LogP contribution >= 0.6 is 11.6 Å².